The minimum Gasteiger partial charge on any atom is -0.192 e. The van der Waals surface area contributed by atoms with E-state index >= 15 is 0 Å². The summed E-state index contributed by atoms with van der Waals surface area (Å²) in [7, 11) is 0. The van der Waals surface area contributed by atoms with Crippen LogP contribution in [0.5, 0.6) is 0 Å². The first-order chi connectivity index (χ1) is 13.3. The standard InChI is InChI=1S/C26H33N/c1-2-5-21-12-16-25(17-13-21)26-18-14-23(15-19-26)7-4-3-6-22-8-10-24(20-27)11-9-22/h4,7-11,21,23,25-26H,2,5,12-19H2,1H3/b7-4+/t21-,23?,25-,26?. The molecule has 0 heterocycles. The van der Waals surface area contributed by atoms with Crippen LogP contribution in [0.2, 0.25) is 0 Å². The number of allylic oxidation sites excluding steroid dienone is 2. The van der Waals surface area contributed by atoms with E-state index in [1.54, 1.807) is 0 Å². The van der Waals surface area contributed by atoms with Crippen LogP contribution in [0.15, 0.2) is 36.4 Å². The average molecular weight is 360 g/mol. The topological polar surface area (TPSA) is 23.8 Å². The molecule has 0 atom stereocenters. The van der Waals surface area contributed by atoms with Gasteiger partial charge >= 0.3 is 0 Å². The Balaban J connectivity index is 1.40. The predicted molar refractivity (Wildman–Crippen MR) is 113 cm³/mol. The summed E-state index contributed by atoms with van der Waals surface area (Å²) in [4.78, 5) is 0. The second-order valence-corrected chi connectivity index (χ2v) is 8.56. The molecule has 0 unspecified atom stereocenters. The quantitative estimate of drug-likeness (QED) is 0.538. The molecule has 2 saturated carbocycles. The lowest BCUT2D eigenvalue weighted by molar-refractivity contribution is 0.152. The first-order valence-electron chi connectivity index (χ1n) is 11.0. The Morgan fingerprint density at radius 2 is 1.48 bits per heavy atom. The van der Waals surface area contributed by atoms with Gasteiger partial charge in [0.25, 0.3) is 0 Å². The van der Waals surface area contributed by atoms with Crippen LogP contribution < -0.4 is 0 Å². The van der Waals surface area contributed by atoms with Crippen LogP contribution in [-0.4, -0.2) is 0 Å². The van der Waals surface area contributed by atoms with Gasteiger partial charge in [0.2, 0.25) is 0 Å². The molecule has 1 nitrogen and oxygen atoms in total. The van der Waals surface area contributed by atoms with Gasteiger partial charge in [-0.15, -0.1) is 0 Å². The zero-order chi connectivity index (χ0) is 18.9. The van der Waals surface area contributed by atoms with Crippen molar-refractivity contribution in [2.75, 3.05) is 0 Å². The van der Waals surface area contributed by atoms with Gasteiger partial charge in [-0.2, -0.15) is 5.26 Å². The summed E-state index contributed by atoms with van der Waals surface area (Å²) in [6.07, 6.45) is 18.7. The predicted octanol–water partition coefficient (Wildman–Crippen LogP) is 6.88. The maximum Gasteiger partial charge on any atom is 0.0991 e. The maximum absolute atomic E-state index is 8.82. The van der Waals surface area contributed by atoms with Crippen molar-refractivity contribution in [2.24, 2.45) is 23.7 Å². The van der Waals surface area contributed by atoms with Crippen molar-refractivity contribution in [3.05, 3.63) is 47.5 Å². The average Bonchev–Trinajstić information content (AvgIpc) is 2.73. The molecule has 0 bridgehead atoms. The first-order valence-corrected chi connectivity index (χ1v) is 11.0. The van der Waals surface area contributed by atoms with Gasteiger partial charge in [-0.1, -0.05) is 50.5 Å². The molecule has 0 N–H and O–H groups in total. The summed E-state index contributed by atoms with van der Waals surface area (Å²) in [6, 6.07) is 9.62. The molecule has 0 aromatic heterocycles. The van der Waals surface area contributed by atoms with Crippen LogP contribution in [0.3, 0.4) is 0 Å². The fourth-order valence-corrected chi connectivity index (χ4v) is 5.10. The normalized spacial score (nSPS) is 28.3. The van der Waals surface area contributed by atoms with E-state index in [4.69, 9.17) is 5.26 Å². The molecule has 1 aromatic rings. The van der Waals surface area contributed by atoms with Crippen LogP contribution >= 0.6 is 0 Å². The highest BCUT2D eigenvalue weighted by molar-refractivity contribution is 5.41. The lowest BCUT2D eigenvalue weighted by Crippen LogP contribution is -2.25. The van der Waals surface area contributed by atoms with E-state index in [1.165, 1.54) is 64.2 Å². The molecular formula is C26H33N. The smallest absolute Gasteiger partial charge is 0.0991 e. The van der Waals surface area contributed by atoms with Crippen LogP contribution in [0, 0.1) is 46.8 Å². The summed E-state index contributed by atoms with van der Waals surface area (Å²) in [5.41, 5.74) is 1.66. The SMILES string of the molecule is CCC[C@H]1CC[C@H](C2CCC(/C=C/C#Cc3ccc(C#N)cc3)CC2)CC1. The zero-order valence-electron chi connectivity index (χ0n) is 16.8. The van der Waals surface area contributed by atoms with Crippen molar-refractivity contribution >= 4 is 0 Å². The van der Waals surface area contributed by atoms with E-state index in [0.717, 1.165) is 23.3 Å². The number of rotatable bonds is 4. The fraction of sp³-hybridized carbons (Fsp3) is 0.577. The molecule has 1 heteroatoms. The molecule has 3 rings (SSSR count). The van der Waals surface area contributed by atoms with E-state index in [9.17, 15) is 0 Å². The maximum atomic E-state index is 8.82. The molecule has 2 fully saturated rings. The molecular weight excluding hydrogens is 326 g/mol. The lowest BCUT2D eigenvalue weighted by atomic mass is 9.69. The van der Waals surface area contributed by atoms with Gasteiger partial charge in [-0.05, 0) is 92.5 Å². The molecule has 0 radical (unpaired) electrons. The molecule has 0 aliphatic heterocycles. The third-order valence-electron chi connectivity index (χ3n) is 6.75. The Kier molecular flexibility index (Phi) is 7.59. The third kappa shape index (κ3) is 6.01. The second kappa shape index (κ2) is 10.4. The molecule has 27 heavy (non-hydrogen) atoms. The van der Waals surface area contributed by atoms with Gasteiger partial charge in [0, 0.05) is 5.56 Å². The van der Waals surface area contributed by atoms with Crippen LogP contribution in [-0.2, 0) is 0 Å². The summed E-state index contributed by atoms with van der Waals surface area (Å²) >= 11 is 0. The minimum atomic E-state index is 0.687. The molecule has 0 saturated heterocycles. The number of benzene rings is 1. The van der Waals surface area contributed by atoms with Crippen LogP contribution in [0.25, 0.3) is 0 Å². The van der Waals surface area contributed by atoms with Gasteiger partial charge in [-0.25, -0.2) is 0 Å². The Morgan fingerprint density at radius 3 is 2.07 bits per heavy atom. The number of nitrogens with zero attached hydrogens (tertiary/aromatic N) is 1. The highest BCUT2D eigenvalue weighted by Crippen LogP contribution is 2.42. The van der Waals surface area contributed by atoms with E-state index < -0.39 is 0 Å². The summed E-state index contributed by atoms with van der Waals surface area (Å²) < 4.78 is 0. The Hall–Kier alpha value is -1.99. The fourth-order valence-electron chi connectivity index (χ4n) is 5.10. The lowest BCUT2D eigenvalue weighted by Gasteiger charge is -2.37. The molecule has 2 aliphatic carbocycles. The van der Waals surface area contributed by atoms with Crippen molar-refractivity contribution in [1.82, 2.24) is 0 Å². The van der Waals surface area contributed by atoms with Crippen molar-refractivity contribution in [1.29, 1.82) is 5.26 Å². The van der Waals surface area contributed by atoms with E-state index in [1.807, 2.05) is 30.3 Å². The van der Waals surface area contributed by atoms with E-state index in [-0.39, 0.29) is 0 Å². The highest BCUT2D eigenvalue weighted by Gasteiger charge is 2.29. The summed E-state index contributed by atoms with van der Waals surface area (Å²) in [5, 5.41) is 8.82. The van der Waals surface area contributed by atoms with E-state index in [2.05, 4.69) is 30.9 Å². The molecule has 2 aliphatic rings. The van der Waals surface area contributed by atoms with Crippen molar-refractivity contribution in [3.63, 3.8) is 0 Å². The van der Waals surface area contributed by atoms with Gasteiger partial charge in [0.05, 0.1) is 11.6 Å². The van der Waals surface area contributed by atoms with Crippen molar-refractivity contribution in [3.8, 4) is 17.9 Å². The largest absolute Gasteiger partial charge is 0.192 e. The van der Waals surface area contributed by atoms with Gasteiger partial charge in [-0.3, -0.25) is 0 Å². The second-order valence-electron chi connectivity index (χ2n) is 8.56. The molecule has 142 valence electrons. The van der Waals surface area contributed by atoms with Crippen LogP contribution in [0.1, 0.15) is 82.3 Å². The van der Waals surface area contributed by atoms with Crippen molar-refractivity contribution in [2.45, 2.75) is 71.1 Å². The minimum absolute atomic E-state index is 0.687. The Labute approximate surface area is 165 Å². The van der Waals surface area contributed by atoms with Gasteiger partial charge in [0.15, 0.2) is 0 Å². The third-order valence-corrected chi connectivity index (χ3v) is 6.75. The molecule has 1 aromatic carbocycles. The first kappa shape index (κ1) is 19.8. The van der Waals surface area contributed by atoms with Gasteiger partial charge < -0.3 is 0 Å². The summed E-state index contributed by atoms with van der Waals surface area (Å²) in [5.74, 6) is 10.1. The van der Waals surface area contributed by atoms with Crippen LogP contribution in [0.4, 0.5) is 0 Å². The Bertz CT molecular complexity index is 693. The molecule has 0 amide bonds. The monoisotopic (exact) mass is 359 g/mol. The number of hydrogen-bond acceptors (Lipinski definition) is 1. The van der Waals surface area contributed by atoms with Gasteiger partial charge in [0.1, 0.15) is 0 Å². The zero-order valence-corrected chi connectivity index (χ0v) is 16.8. The summed E-state index contributed by atoms with van der Waals surface area (Å²) in [6.45, 7) is 2.33. The Morgan fingerprint density at radius 1 is 0.889 bits per heavy atom. The van der Waals surface area contributed by atoms with Crippen molar-refractivity contribution < 1.29 is 0 Å². The molecule has 0 spiro atoms. The number of nitriles is 1. The number of hydrogen-bond donors (Lipinski definition) is 0. The highest BCUT2D eigenvalue weighted by atomic mass is 14.3. The van der Waals surface area contributed by atoms with E-state index in [0.29, 0.717) is 11.5 Å².